The van der Waals surface area contributed by atoms with Gasteiger partial charge in [0.2, 0.25) is 0 Å². The number of anilines is 3. The number of fused-ring (bicyclic) bond motifs is 9. The summed E-state index contributed by atoms with van der Waals surface area (Å²) >= 11 is 0. The highest BCUT2D eigenvalue weighted by Gasteiger charge is 2.37. The summed E-state index contributed by atoms with van der Waals surface area (Å²) in [5.74, 6) is 0. The predicted octanol–water partition coefficient (Wildman–Crippen LogP) is 15.0. The van der Waals surface area contributed by atoms with E-state index in [0.29, 0.717) is 0 Å². The zero-order chi connectivity index (χ0) is 37.8. The van der Waals surface area contributed by atoms with Crippen molar-refractivity contribution in [2.75, 3.05) is 4.90 Å². The Kier molecular flexibility index (Phi) is 6.98. The minimum Gasteiger partial charge on any atom is -0.455 e. The second-order valence-corrected chi connectivity index (χ2v) is 16.5. The Bertz CT molecular complexity index is 3020. The third kappa shape index (κ3) is 4.75. The Balaban J connectivity index is 0.961. The molecule has 2 heteroatoms. The summed E-state index contributed by atoms with van der Waals surface area (Å²) in [5.41, 5.74) is 20.6. The van der Waals surface area contributed by atoms with Gasteiger partial charge in [0.1, 0.15) is 11.2 Å². The minimum atomic E-state index is -0.203. The Morgan fingerprint density at radius 1 is 0.357 bits per heavy atom. The first-order valence-corrected chi connectivity index (χ1v) is 19.7. The molecule has 1 heterocycles. The van der Waals surface area contributed by atoms with Crippen LogP contribution >= 0.6 is 0 Å². The van der Waals surface area contributed by atoms with Crippen molar-refractivity contribution < 1.29 is 4.42 Å². The van der Waals surface area contributed by atoms with Crippen molar-refractivity contribution in [2.45, 2.75) is 38.5 Å². The number of benzene rings is 8. The Hall–Kier alpha value is -6.64. The fourth-order valence-corrected chi connectivity index (χ4v) is 9.72. The highest BCUT2D eigenvalue weighted by atomic mass is 16.3. The topological polar surface area (TPSA) is 16.4 Å². The number of para-hydroxylation sites is 3. The van der Waals surface area contributed by atoms with Gasteiger partial charge >= 0.3 is 0 Å². The molecule has 0 aliphatic heterocycles. The van der Waals surface area contributed by atoms with E-state index in [1.807, 2.05) is 6.07 Å². The van der Waals surface area contributed by atoms with E-state index >= 15 is 0 Å². The van der Waals surface area contributed by atoms with E-state index in [-0.39, 0.29) is 10.8 Å². The summed E-state index contributed by atoms with van der Waals surface area (Å²) in [6.45, 7) is 9.43. The van der Waals surface area contributed by atoms with Crippen LogP contribution in [0.25, 0.3) is 66.4 Å². The lowest BCUT2D eigenvalue weighted by Crippen LogP contribution is -2.16. The molecule has 268 valence electrons. The maximum atomic E-state index is 6.46. The standard InChI is InChI=1S/C54H41NO/c1-53(2)47-19-10-8-15-41(47)42-28-23-35(31-48(42)53)34-21-25-38(26-22-34)55(37-13-6-5-7-14-37)39-27-30-44-43-29-24-36(32-49(43)54(3,4)50(44)33-39)40-17-12-18-46-45-16-9-11-20-51(45)56-52(40)46/h5-33H,1-4H3. The van der Waals surface area contributed by atoms with E-state index in [2.05, 4.69) is 202 Å². The maximum absolute atomic E-state index is 6.46. The smallest absolute Gasteiger partial charge is 0.143 e. The molecule has 0 bridgehead atoms. The first-order chi connectivity index (χ1) is 27.3. The fraction of sp³-hybridized carbons (Fsp3) is 0.111. The van der Waals surface area contributed by atoms with E-state index < -0.39 is 0 Å². The van der Waals surface area contributed by atoms with Gasteiger partial charge in [-0.25, -0.2) is 0 Å². The summed E-state index contributed by atoms with van der Waals surface area (Å²) in [7, 11) is 0. The molecule has 2 aliphatic carbocycles. The first-order valence-electron chi connectivity index (χ1n) is 19.7. The highest BCUT2D eigenvalue weighted by Crippen LogP contribution is 2.53. The monoisotopic (exact) mass is 719 g/mol. The molecule has 9 aromatic rings. The van der Waals surface area contributed by atoms with Crippen LogP contribution in [-0.4, -0.2) is 0 Å². The maximum Gasteiger partial charge on any atom is 0.143 e. The van der Waals surface area contributed by atoms with E-state index in [9.17, 15) is 0 Å². The third-order valence-corrected chi connectivity index (χ3v) is 12.7. The lowest BCUT2D eigenvalue weighted by molar-refractivity contribution is 0.660. The predicted molar refractivity (Wildman–Crippen MR) is 234 cm³/mol. The van der Waals surface area contributed by atoms with Gasteiger partial charge in [-0.05, 0) is 116 Å². The van der Waals surface area contributed by atoms with Crippen LogP contribution < -0.4 is 4.90 Å². The van der Waals surface area contributed by atoms with Crippen LogP contribution in [0, 0.1) is 0 Å². The fourth-order valence-electron chi connectivity index (χ4n) is 9.72. The van der Waals surface area contributed by atoms with Crippen LogP contribution in [0.15, 0.2) is 180 Å². The lowest BCUT2D eigenvalue weighted by Gasteiger charge is -2.28. The lowest BCUT2D eigenvalue weighted by atomic mass is 9.81. The van der Waals surface area contributed by atoms with Gasteiger partial charge < -0.3 is 9.32 Å². The summed E-state index contributed by atoms with van der Waals surface area (Å²) in [6.07, 6.45) is 0. The number of hydrogen-bond donors (Lipinski definition) is 0. The average molecular weight is 720 g/mol. The molecule has 2 aliphatic rings. The number of furan rings is 1. The largest absolute Gasteiger partial charge is 0.455 e. The Morgan fingerprint density at radius 3 is 1.66 bits per heavy atom. The summed E-state index contributed by atoms with van der Waals surface area (Å²) in [6, 6.07) is 64.5. The van der Waals surface area contributed by atoms with E-state index in [4.69, 9.17) is 4.42 Å². The molecule has 8 aromatic carbocycles. The zero-order valence-electron chi connectivity index (χ0n) is 32.1. The molecule has 0 spiro atoms. The van der Waals surface area contributed by atoms with E-state index in [1.165, 1.54) is 61.2 Å². The second-order valence-electron chi connectivity index (χ2n) is 16.5. The normalized spacial score (nSPS) is 14.4. The molecule has 11 rings (SSSR count). The SMILES string of the molecule is CC1(C)c2ccccc2-c2ccc(-c3ccc(N(c4ccccc4)c4ccc5c(c4)C(C)(C)c4cc(-c6cccc7c6oc6ccccc67)ccc4-5)cc3)cc21. The van der Waals surface area contributed by atoms with Gasteiger partial charge in [-0.15, -0.1) is 0 Å². The molecule has 0 radical (unpaired) electrons. The highest BCUT2D eigenvalue weighted by molar-refractivity contribution is 6.09. The third-order valence-electron chi connectivity index (χ3n) is 12.7. The number of nitrogens with zero attached hydrogens (tertiary/aromatic N) is 1. The van der Waals surface area contributed by atoms with Crippen LogP contribution in [0.2, 0.25) is 0 Å². The minimum absolute atomic E-state index is 0.0306. The average Bonchev–Trinajstić information content (AvgIpc) is 3.81. The number of rotatable bonds is 5. The van der Waals surface area contributed by atoms with Gasteiger partial charge in [0, 0.05) is 44.2 Å². The van der Waals surface area contributed by atoms with Gasteiger partial charge in [0.05, 0.1) is 0 Å². The molecule has 2 nitrogen and oxygen atoms in total. The Labute approximate surface area is 328 Å². The summed E-state index contributed by atoms with van der Waals surface area (Å²) in [5, 5.41) is 2.31. The quantitative estimate of drug-likeness (QED) is 0.176. The Morgan fingerprint density at radius 2 is 0.875 bits per heavy atom. The van der Waals surface area contributed by atoms with Crippen LogP contribution in [0.5, 0.6) is 0 Å². The van der Waals surface area contributed by atoms with E-state index in [1.54, 1.807) is 0 Å². The van der Waals surface area contributed by atoms with Crippen LogP contribution in [0.1, 0.15) is 49.9 Å². The van der Waals surface area contributed by atoms with Gasteiger partial charge in [-0.2, -0.15) is 0 Å². The van der Waals surface area contributed by atoms with Crippen molar-refractivity contribution in [3.8, 4) is 44.5 Å². The molecule has 56 heavy (non-hydrogen) atoms. The first kappa shape index (κ1) is 32.8. The van der Waals surface area contributed by atoms with Crippen LogP contribution in [-0.2, 0) is 10.8 Å². The molecule has 0 N–H and O–H groups in total. The second kappa shape index (κ2) is 11.9. The molecule has 0 amide bonds. The van der Waals surface area contributed by atoms with Crippen molar-refractivity contribution in [2.24, 2.45) is 0 Å². The van der Waals surface area contributed by atoms with E-state index in [0.717, 1.165) is 44.6 Å². The summed E-state index contributed by atoms with van der Waals surface area (Å²) in [4.78, 5) is 2.39. The molecular weight excluding hydrogens is 679 g/mol. The van der Waals surface area contributed by atoms with Crippen molar-refractivity contribution in [3.05, 3.63) is 198 Å². The molecule has 0 saturated carbocycles. The zero-order valence-corrected chi connectivity index (χ0v) is 32.1. The van der Waals surface area contributed by atoms with Crippen molar-refractivity contribution in [1.29, 1.82) is 0 Å². The van der Waals surface area contributed by atoms with Gasteiger partial charge in [-0.3, -0.25) is 0 Å². The molecule has 1 aromatic heterocycles. The molecule has 0 saturated heterocycles. The summed E-state index contributed by atoms with van der Waals surface area (Å²) < 4.78 is 6.46. The van der Waals surface area contributed by atoms with Crippen molar-refractivity contribution in [3.63, 3.8) is 0 Å². The van der Waals surface area contributed by atoms with Gasteiger partial charge in [0.25, 0.3) is 0 Å². The van der Waals surface area contributed by atoms with Gasteiger partial charge in [0.15, 0.2) is 0 Å². The van der Waals surface area contributed by atoms with Gasteiger partial charge in [-0.1, -0.05) is 149 Å². The molecule has 0 unspecified atom stereocenters. The van der Waals surface area contributed by atoms with Crippen LogP contribution in [0.3, 0.4) is 0 Å². The molecular formula is C54H41NO. The molecule has 0 fully saturated rings. The number of hydrogen-bond acceptors (Lipinski definition) is 2. The van der Waals surface area contributed by atoms with Crippen molar-refractivity contribution >= 4 is 39.0 Å². The molecule has 0 atom stereocenters. The van der Waals surface area contributed by atoms with Crippen LogP contribution in [0.4, 0.5) is 17.1 Å². The van der Waals surface area contributed by atoms with Crippen molar-refractivity contribution in [1.82, 2.24) is 0 Å².